The molecule has 1 unspecified atom stereocenters. The molecule has 2 nitrogen and oxygen atoms in total. The highest BCUT2D eigenvalue weighted by Gasteiger charge is 2.23. The molecule has 0 amide bonds. The first-order valence-electron chi connectivity index (χ1n) is 4.73. The van der Waals surface area contributed by atoms with Crippen LogP contribution in [0.5, 0.6) is 0 Å². The van der Waals surface area contributed by atoms with Gasteiger partial charge in [0.2, 0.25) is 0 Å². The van der Waals surface area contributed by atoms with Gasteiger partial charge in [-0.15, -0.1) is 6.58 Å². The average Bonchev–Trinajstić information content (AvgIpc) is 2.26. The summed E-state index contributed by atoms with van der Waals surface area (Å²) in [5, 5.41) is 0. The number of benzene rings is 1. The van der Waals surface area contributed by atoms with Gasteiger partial charge in [-0.25, -0.2) is 0 Å². The summed E-state index contributed by atoms with van der Waals surface area (Å²) in [5.74, 6) is -0.160. The van der Waals surface area contributed by atoms with Crippen molar-refractivity contribution >= 4 is 21.5 Å². The number of fused-ring (bicyclic) bond motifs is 1. The Bertz CT molecular complexity index is 486. The van der Waals surface area contributed by atoms with Crippen LogP contribution >= 0.6 is 9.90 Å². The third-order valence-electron chi connectivity index (χ3n) is 2.40. The Kier molecular flexibility index (Phi) is 3.92. The highest BCUT2D eigenvalue weighted by atomic mass is 31.0. The first kappa shape index (κ1) is 12.5. The van der Waals surface area contributed by atoms with Crippen molar-refractivity contribution in [3.05, 3.63) is 59.7 Å². The van der Waals surface area contributed by atoms with Gasteiger partial charge in [0.25, 0.3) is 0 Å². The van der Waals surface area contributed by atoms with Gasteiger partial charge in [-0.05, 0) is 12.5 Å². The fraction of sp³-hybridized carbons (Fsp3) is 0.0769. The van der Waals surface area contributed by atoms with E-state index in [-0.39, 0.29) is 21.5 Å². The number of ketones is 2. The van der Waals surface area contributed by atoms with Crippen LogP contribution in [0.3, 0.4) is 0 Å². The van der Waals surface area contributed by atoms with Crippen molar-refractivity contribution in [1.82, 2.24) is 0 Å². The molecule has 0 saturated carbocycles. The molecule has 0 heterocycles. The van der Waals surface area contributed by atoms with Gasteiger partial charge in [0.1, 0.15) is 0 Å². The lowest BCUT2D eigenvalue weighted by atomic mass is 9.88. The van der Waals surface area contributed by atoms with Crippen molar-refractivity contribution in [2.45, 2.75) is 6.42 Å². The normalized spacial score (nSPS) is 13.6. The number of hydrogen-bond donors (Lipinski definition) is 0. The van der Waals surface area contributed by atoms with E-state index in [2.05, 4.69) is 6.58 Å². The van der Waals surface area contributed by atoms with Crippen LogP contribution in [0.15, 0.2) is 48.6 Å². The van der Waals surface area contributed by atoms with Crippen molar-refractivity contribution in [1.29, 1.82) is 0 Å². The lowest BCUT2D eigenvalue weighted by molar-refractivity contribution is 0.0983. The summed E-state index contributed by atoms with van der Waals surface area (Å²) in [7, 11) is 0. The highest BCUT2D eigenvalue weighted by molar-refractivity contribution is 6.92. The molecule has 0 N–H and O–H groups in total. The number of Topliss-reactive ketones (excluding diaryl/α,β-unsaturated/α-hetero) is 1. The minimum Gasteiger partial charge on any atom is -0.289 e. The van der Waals surface area contributed by atoms with Gasteiger partial charge in [-0.3, -0.25) is 9.59 Å². The molecule has 0 bridgehead atoms. The van der Waals surface area contributed by atoms with Crippen molar-refractivity contribution in [3.8, 4) is 0 Å². The van der Waals surface area contributed by atoms with Crippen molar-refractivity contribution < 1.29 is 9.59 Å². The predicted octanol–water partition coefficient (Wildman–Crippen LogP) is 2.63. The summed E-state index contributed by atoms with van der Waals surface area (Å²) in [6.45, 7) is 3.57. The largest absolute Gasteiger partial charge is 0.289 e. The van der Waals surface area contributed by atoms with E-state index in [1.54, 1.807) is 30.3 Å². The molecular formula is C13H13O2P. The van der Waals surface area contributed by atoms with Crippen LogP contribution in [0.1, 0.15) is 27.1 Å². The molecule has 0 aromatic heterocycles. The minimum absolute atomic E-state index is 0. The fourth-order valence-corrected chi connectivity index (χ4v) is 1.68. The Hall–Kier alpha value is -1.53. The van der Waals surface area contributed by atoms with Gasteiger partial charge in [-0.1, -0.05) is 30.3 Å². The smallest absolute Gasteiger partial charge is 0.190 e. The van der Waals surface area contributed by atoms with Crippen LogP contribution < -0.4 is 0 Å². The van der Waals surface area contributed by atoms with E-state index in [1.165, 1.54) is 6.08 Å². The zero-order valence-corrected chi connectivity index (χ0v) is 10.3. The molecule has 0 aliphatic heterocycles. The summed E-state index contributed by atoms with van der Waals surface area (Å²) >= 11 is 0. The third kappa shape index (κ3) is 2.02. The molecule has 16 heavy (non-hydrogen) atoms. The zero-order chi connectivity index (χ0) is 10.8. The molecule has 0 spiro atoms. The van der Waals surface area contributed by atoms with Crippen molar-refractivity contribution in [2.75, 3.05) is 0 Å². The molecule has 82 valence electrons. The maximum atomic E-state index is 11.9. The SMILES string of the molecule is C=CCC1=CC(=O)c2ccccc2C1=O.P. The van der Waals surface area contributed by atoms with Gasteiger partial charge < -0.3 is 0 Å². The Morgan fingerprint density at radius 2 is 1.75 bits per heavy atom. The molecule has 1 aromatic rings. The second-order valence-corrected chi connectivity index (χ2v) is 3.40. The van der Waals surface area contributed by atoms with Gasteiger partial charge in [-0.2, -0.15) is 9.90 Å². The number of allylic oxidation sites excluding steroid dienone is 3. The lowest BCUT2D eigenvalue weighted by Crippen LogP contribution is -2.16. The van der Waals surface area contributed by atoms with Crippen LogP contribution in [0.25, 0.3) is 0 Å². The van der Waals surface area contributed by atoms with Crippen LogP contribution in [-0.2, 0) is 0 Å². The molecule has 0 radical (unpaired) electrons. The number of carbonyl (C=O) groups excluding carboxylic acids is 2. The maximum absolute atomic E-state index is 11.9. The van der Waals surface area contributed by atoms with Crippen molar-refractivity contribution in [2.24, 2.45) is 0 Å². The van der Waals surface area contributed by atoms with Crippen LogP contribution in [0, 0.1) is 0 Å². The molecule has 1 atom stereocenters. The third-order valence-corrected chi connectivity index (χ3v) is 2.40. The predicted molar refractivity (Wildman–Crippen MR) is 69.1 cm³/mol. The summed E-state index contributed by atoms with van der Waals surface area (Å²) < 4.78 is 0. The Labute approximate surface area is 97.7 Å². The maximum Gasteiger partial charge on any atom is 0.190 e. The topological polar surface area (TPSA) is 34.1 Å². The zero-order valence-electron chi connectivity index (χ0n) is 8.90. The number of hydrogen-bond acceptors (Lipinski definition) is 2. The molecule has 1 aliphatic carbocycles. The fourth-order valence-electron chi connectivity index (χ4n) is 1.68. The van der Waals surface area contributed by atoms with Crippen LogP contribution in [-0.4, -0.2) is 11.6 Å². The van der Waals surface area contributed by atoms with Gasteiger partial charge in [0.15, 0.2) is 11.6 Å². The number of rotatable bonds is 2. The summed E-state index contributed by atoms with van der Waals surface area (Å²) in [4.78, 5) is 23.5. The van der Waals surface area contributed by atoms with Gasteiger partial charge >= 0.3 is 0 Å². The number of carbonyl (C=O) groups is 2. The Morgan fingerprint density at radius 1 is 1.12 bits per heavy atom. The monoisotopic (exact) mass is 232 g/mol. The van der Waals surface area contributed by atoms with Crippen molar-refractivity contribution in [3.63, 3.8) is 0 Å². The van der Waals surface area contributed by atoms with E-state index in [0.717, 1.165) is 0 Å². The summed E-state index contributed by atoms with van der Waals surface area (Å²) in [6, 6.07) is 6.89. The second kappa shape index (κ2) is 5.00. The highest BCUT2D eigenvalue weighted by Crippen LogP contribution is 2.22. The first-order chi connectivity index (χ1) is 7.24. The molecule has 0 saturated heterocycles. The second-order valence-electron chi connectivity index (χ2n) is 3.40. The molecule has 0 fully saturated rings. The standard InChI is InChI=1S/C13H10O2.H3P/c1-2-5-9-8-12(14)10-6-3-4-7-11(10)13(9)15;/h2-4,6-8H,1,5H2;1H3. The van der Waals surface area contributed by atoms with E-state index < -0.39 is 0 Å². The lowest BCUT2D eigenvalue weighted by Gasteiger charge is -2.13. The van der Waals surface area contributed by atoms with Crippen LogP contribution in [0.2, 0.25) is 0 Å². The average molecular weight is 232 g/mol. The van der Waals surface area contributed by atoms with E-state index in [1.807, 2.05) is 0 Å². The summed E-state index contributed by atoms with van der Waals surface area (Å²) in [5.41, 5.74) is 1.52. The summed E-state index contributed by atoms with van der Waals surface area (Å²) in [6.07, 6.45) is 3.48. The molecular weight excluding hydrogens is 219 g/mol. The molecule has 1 aliphatic rings. The van der Waals surface area contributed by atoms with Gasteiger partial charge in [0, 0.05) is 16.7 Å². The van der Waals surface area contributed by atoms with E-state index in [4.69, 9.17) is 0 Å². The minimum atomic E-state index is -0.0953. The van der Waals surface area contributed by atoms with Gasteiger partial charge in [0.05, 0.1) is 0 Å². The van der Waals surface area contributed by atoms with E-state index in [0.29, 0.717) is 23.1 Å². The molecule has 2 rings (SSSR count). The van der Waals surface area contributed by atoms with E-state index in [9.17, 15) is 9.59 Å². The molecule has 1 aromatic carbocycles. The Morgan fingerprint density at radius 3 is 2.38 bits per heavy atom. The Balaban J connectivity index is 0.00000128. The van der Waals surface area contributed by atoms with E-state index >= 15 is 0 Å². The quantitative estimate of drug-likeness (QED) is 0.580. The first-order valence-corrected chi connectivity index (χ1v) is 4.73. The molecule has 3 heteroatoms. The van der Waals surface area contributed by atoms with Crippen LogP contribution in [0.4, 0.5) is 0 Å².